The Labute approximate surface area is 129 Å². The van der Waals surface area contributed by atoms with Crippen LogP contribution in [0.4, 0.5) is 5.69 Å². The lowest BCUT2D eigenvalue weighted by atomic mass is 10.2. The largest absolute Gasteiger partial charge is 0.480 e. The van der Waals surface area contributed by atoms with Crippen LogP contribution in [-0.2, 0) is 9.59 Å². The molecular formula is C12H13N3O6S. The fourth-order valence-electron chi connectivity index (χ4n) is 1.53. The second-order valence-corrected chi connectivity index (χ2v) is 5.27. The van der Waals surface area contributed by atoms with E-state index in [-0.39, 0.29) is 21.9 Å². The fraction of sp³-hybridized carbons (Fsp3) is 0.250. The van der Waals surface area contributed by atoms with Gasteiger partial charge in [0, 0.05) is 24.3 Å². The molecule has 1 atom stereocenters. The maximum Gasteiger partial charge on any atom is 0.327 e. The van der Waals surface area contributed by atoms with Crippen molar-refractivity contribution >= 4 is 35.2 Å². The first-order valence-corrected chi connectivity index (χ1v) is 6.92. The lowest BCUT2D eigenvalue weighted by Crippen LogP contribution is -2.41. The van der Waals surface area contributed by atoms with Gasteiger partial charge in [0.15, 0.2) is 0 Å². The van der Waals surface area contributed by atoms with Gasteiger partial charge in [0.25, 0.3) is 5.69 Å². The van der Waals surface area contributed by atoms with E-state index in [0.717, 1.165) is 17.8 Å². The van der Waals surface area contributed by atoms with Crippen LogP contribution in [0.5, 0.6) is 0 Å². The van der Waals surface area contributed by atoms with Crippen molar-refractivity contribution in [1.29, 1.82) is 0 Å². The molecule has 1 aromatic rings. The van der Waals surface area contributed by atoms with Crippen LogP contribution in [0.15, 0.2) is 23.1 Å². The summed E-state index contributed by atoms with van der Waals surface area (Å²) in [6, 6.07) is 2.47. The molecule has 9 nitrogen and oxygen atoms in total. The number of carbonyl (C=O) groups is 3. The molecular weight excluding hydrogens is 314 g/mol. The molecule has 0 aliphatic heterocycles. The standard InChI is InChI=1S/C12H13N3O6S/c1-6(16)14-8(12(18)19)5-22-10-3-2-7(11(13)17)4-9(10)15(20)21/h2-4,8H,5H2,1H3,(H2,13,17)(H,14,16)(H,18,19). The lowest BCUT2D eigenvalue weighted by Gasteiger charge is -2.12. The zero-order valence-electron chi connectivity index (χ0n) is 11.4. The van der Waals surface area contributed by atoms with E-state index in [4.69, 9.17) is 10.8 Å². The van der Waals surface area contributed by atoms with Gasteiger partial charge in [0.2, 0.25) is 11.8 Å². The Hall–Kier alpha value is -2.62. The molecule has 0 spiro atoms. The number of carboxylic acids is 1. The van der Waals surface area contributed by atoms with E-state index in [1.54, 1.807) is 0 Å². The smallest absolute Gasteiger partial charge is 0.327 e. The number of aliphatic carboxylic acids is 1. The number of carboxylic acid groups (broad SMARTS) is 1. The summed E-state index contributed by atoms with van der Waals surface area (Å²) in [6.07, 6.45) is 0. The second kappa shape index (κ2) is 7.41. The zero-order chi connectivity index (χ0) is 16.9. The Balaban J connectivity index is 2.97. The molecule has 0 aliphatic carbocycles. The number of nitro groups is 1. The van der Waals surface area contributed by atoms with E-state index in [1.165, 1.54) is 19.1 Å². The summed E-state index contributed by atoms with van der Waals surface area (Å²) in [5.41, 5.74) is 4.68. The SMILES string of the molecule is CC(=O)NC(CSc1ccc(C(N)=O)cc1[N+](=O)[O-])C(=O)O. The maximum absolute atomic E-state index is 11.0. The topological polar surface area (TPSA) is 153 Å². The highest BCUT2D eigenvalue weighted by Crippen LogP contribution is 2.30. The maximum atomic E-state index is 11.0. The number of benzene rings is 1. The quantitative estimate of drug-likeness (QED) is 0.371. The van der Waals surface area contributed by atoms with Crippen LogP contribution in [0.2, 0.25) is 0 Å². The highest BCUT2D eigenvalue weighted by Gasteiger charge is 2.22. The van der Waals surface area contributed by atoms with Gasteiger partial charge in [-0.15, -0.1) is 11.8 Å². The highest BCUT2D eigenvalue weighted by atomic mass is 32.2. The summed E-state index contributed by atoms with van der Waals surface area (Å²) in [7, 11) is 0. The summed E-state index contributed by atoms with van der Waals surface area (Å²) >= 11 is 0.885. The molecule has 0 radical (unpaired) electrons. The number of rotatable bonds is 7. The van der Waals surface area contributed by atoms with E-state index in [9.17, 15) is 24.5 Å². The van der Waals surface area contributed by atoms with Crippen molar-refractivity contribution in [2.75, 3.05) is 5.75 Å². The molecule has 0 saturated heterocycles. The molecule has 1 unspecified atom stereocenters. The number of primary amides is 1. The summed E-state index contributed by atoms with van der Waals surface area (Å²) in [5.74, 6) is -2.68. The van der Waals surface area contributed by atoms with Crippen LogP contribution in [0, 0.1) is 10.1 Å². The van der Waals surface area contributed by atoms with Crippen LogP contribution in [0.3, 0.4) is 0 Å². The Morgan fingerprint density at radius 3 is 2.55 bits per heavy atom. The highest BCUT2D eigenvalue weighted by molar-refractivity contribution is 7.99. The molecule has 0 bridgehead atoms. The van der Waals surface area contributed by atoms with Crippen molar-refractivity contribution in [1.82, 2.24) is 5.32 Å². The molecule has 118 valence electrons. The molecule has 1 aromatic carbocycles. The van der Waals surface area contributed by atoms with Crippen molar-refractivity contribution in [2.24, 2.45) is 5.73 Å². The van der Waals surface area contributed by atoms with Gasteiger partial charge in [0.1, 0.15) is 6.04 Å². The van der Waals surface area contributed by atoms with Crippen molar-refractivity contribution < 1.29 is 24.4 Å². The van der Waals surface area contributed by atoms with E-state index in [2.05, 4.69) is 5.32 Å². The molecule has 0 fully saturated rings. The van der Waals surface area contributed by atoms with Crippen LogP contribution >= 0.6 is 11.8 Å². The molecule has 0 aromatic heterocycles. The first-order valence-electron chi connectivity index (χ1n) is 5.93. The van der Waals surface area contributed by atoms with Gasteiger partial charge in [-0.1, -0.05) is 0 Å². The summed E-state index contributed by atoms with van der Waals surface area (Å²) in [4.78, 5) is 43.4. The molecule has 2 amide bonds. The minimum atomic E-state index is -1.25. The van der Waals surface area contributed by atoms with E-state index < -0.39 is 28.7 Å². The average molecular weight is 327 g/mol. The molecule has 0 aliphatic rings. The number of nitro benzene ring substituents is 1. The normalized spacial score (nSPS) is 11.5. The van der Waals surface area contributed by atoms with Gasteiger partial charge in [-0.2, -0.15) is 0 Å². The van der Waals surface area contributed by atoms with Gasteiger partial charge in [-0.3, -0.25) is 19.7 Å². The summed E-state index contributed by atoms with van der Waals surface area (Å²) < 4.78 is 0. The third-order valence-electron chi connectivity index (χ3n) is 2.52. The van der Waals surface area contributed by atoms with Crippen LogP contribution in [0.25, 0.3) is 0 Å². The molecule has 0 saturated carbocycles. The van der Waals surface area contributed by atoms with Gasteiger partial charge in [-0.05, 0) is 12.1 Å². The van der Waals surface area contributed by atoms with Crippen LogP contribution < -0.4 is 11.1 Å². The molecule has 4 N–H and O–H groups in total. The number of amides is 2. The van der Waals surface area contributed by atoms with Crippen molar-refractivity contribution in [2.45, 2.75) is 17.9 Å². The summed E-state index contributed by atoms with van der Waals surface area (Å²) in [5, 5.41) is 22.2. The van der Waals surface area contributed by atoms with E-state index in [0.29, 0.717) is 0 Å². The predicted octanol–water partition coefficient (Wildman–Crippen LogP) is 0.375. The number of hydrogen-bond acceptors (Lipinski definition) is 6. The van der Waals surface area contributed by atoms with Crippen LogP contribution in [0.1, 0.15) is 17.3 Å². The number of carbonyl (C=O) groups excluding carboxylic acids is 2. The first kappa shape index (κ1) is 17.4. The number of thioether (sulfide) groups is 1. The molecule has 0 heterocycles. The number of nitrogens with one attached hydrogen (secondary N) is 1. The van der Waals surface area contributed by atoms with Crippen molar-refractivity contribution in [3.05, 3.63) is 33.9 Å². The Morgan fingerprint density at radius 2 is 2.09 bits per heavy atom. The molecule has 1 rings (SSSR count). The first-order chi connectivity index (χ1) is 10.2. The minimum absolute atomic E-state index is 0.0207. The Bertz CT molecular complexity index is 633. The number of nitrogens with zero attached hydrogens (tertiary/aromatic N) is 1. The van der Waals surface area contributed by atoms with Crippen molar-refractivity contribution in [3.63, 3.8) is 0 Å². The second-order valence-electron chi connectivity index (χ2n) is 4.21. The zero-order valence-corrected chi connectivity index (χ0v) is 12.3. The lowest BCUT2D eigenvalue weighted by molar-refractivity contribution is -0.387. The van der Waals surface area contributed by atoms with Crippen molar-refractivity contribution in [3.8, 4) is 0 Å². The molecule has 10 heteroatoms. The number of nitrogens with two attached hydrogens (primary N) is 1. The van der Waals surface area contributed by atoms with Gasteiger partial charge < -0.3 is 16.2 Å². The van der Waals surface area contributed by atoms with E-state index in [1.807, 2.05) is 0 Å². The van der Waals surface area contributed by atoms with Gasteiger partial charge >= 0.3 is 5.97 Å². The summed E-state index contributed by atoms with van der Waals surface area (Å²) in [6.45, 7) is 1.17. The average Bonchev–Trinajstić information content (AvgIpc) is 2.42. The predicted molar refractivity (Wildman–Crippen MR) is 77.6 cm³/mol. The minimum Gasteiger partial charge on any atom is -0.480 e. The van der Waals surface area contributed by atoms with E-state index >= 15 is 0 Å². The monoisotopic (exact) mass is 327 g/mol. The van der Waals surface area contributed by atoms with Gasteiger partial charge in [0.05, 0.1) is 9.82 Å². The molecule has 22 heavy (non-hydrogen) atoms. The van der Waals surface area contributed by atoms with Gasteiger partial charge in [-0.25, -0.2) is 4.79 Å². The Morgan fingerprint density at radius 1 is 1.45 bits per heavy atom. The van der Waals surface area contributed by atoms with Crippen LogP contribution in [-0.4, -0.2) is 39.6 Å². The fourth-order valence-corrected chi connectivity index (χ4v) is 2.55. The third-order valence-corrected chi connectivity index (χ3v) is 3.68. The Kier molecular flexibility index (Phi) is 5.87. The third kappa shape index (κ3) is 4.74. The number of hydrogen-bond donors (Lipinski definition) is 3.